The Bertz CT molecular complexity index is 1050. The van der Waals surface area contributed by atoms with Gasteiger partial charge in [-0.1, -0.05) is 18.2 Å². The maximum absolute atomic E-state index is 12.7. The highest BCUT2D eigenvalue weighted by atomic mass is 32.2. The average Bonchev–Trinajstić information content (AvgIpc) is 3.06. The highest BCUT2D eigenvalue weighted by molar-refractivity contribution is 7.89. The molecule has 31 heavy (non-hydrogen) atoms. The molecule has 2 heterocycles. The second kappa shape index (κ2) is 9.36. The lowest BCUT2D eigenvalue weighted by Gasteiger charge is -2.30. The molecule has 1 aromatic carbocycles. The molecule has 0 amide bonds. The molecular formula is C23H30N2O5S. The third kappa shape index (κ3) is 4.91. The number of hydrogen-bond donors (Lipinski definition) is 0. The van der Waals surface area contributed by atoms with Crippen molar-refractivity contribution in [3.8, 4) is 0 Å². The van der Waals surface area contributed by atoms with Crippen molar-refractivity contribution in [2.45, 2.75) is 51.5 Å². The van der Waals surface area contributed by atoms with E-state index in [1.165, 1.54) is 4.31 Å². The molecule has 1 saturated heterocycles. The fourth-order valence-electron chi connectivity index (χ4n) is 4.26. The number of piperidine rings is 1. The number of benzene rings is 1. The first-order valence-corrected chi connectivity index (χ1v) is 12.0. The van der Waals surface area contributed by atoms with Crippen molar-refractivity contribution < 1.29 is 22.7 Å². The SMILES string of the molecule is Cc1cc(C(=O)COC(=O)C2CCN(S(=O)(=O)c3ccccc3)CC2)c(C)n1C(C)C. The molecule has 7 nitrogen and oxygen atoms in total. The van der Waals surface area contributed by atoms with E-state index in [1.807, 2.05) is 19.9 Å². The van der Waals surface area contributed by atoms with E-state index in [0.717, 1.165) is 11.4 Å². The number of ketones is 1. The Morgan fingerprint density at radius 2 is 1.71 bits per heavy atom. The number of esters is 1. The van der Waals surface area contributed by atoms with Gasteiger partial charge >= 0.3 is 5.97 Å². The van der Waals surface area contributed by atoms with Crippen LogP contribution in [0.4, 0.5) is 0 Å². The van der Waals surface area contributed by atoms with Gasteiger partial charge in [-0.05, 0) is 58.7 Å². The molecule has 0 unspecified atom stereocenters. The standard InChI is InChI=1S/C23H30N2O5S/c1-16(2)25-17(3)14-21(18(25)4)22(26)15-30-23(27)19-10-12-24(13-11-19)31(28,29)20-8-6-5-7-9-20/h5-9,14,16,19H,10-13,15H2,1-4H3. The van der Waals surface area contributed by atoms with E-state index in [-0.39, 0.29) is 36.4 Å². The smallest absolute Gasteiger partial charge is 0.309 e. The Morgan fingerprint density at radius 1 is 1.10 bits per heavy atom. The topological polar surface area (TPSA) is 85.7 Å². The van der Waals surface area contributed by atoms with E-state index in [0.29, 0.717) is 18.4 Å². The Balaban J connectivity index is 1.55. The van der Waals surface area contributed by atoms with Crippen LogP contribution in [0.1, 0.15) is 54.5 Å². The molecular weight excluding hydrogens is 416 g/mol. The zero-order valence-electron chi connectivity index (χ0n) is 18.5. The van der Waals surface area contributed by atoms with E-state index in [2.05, 4.69) is 18.4 Å². The molecule has 168 valence electrons. The van der Waals surface area contributed by atoms with Crippen molar-refractivity contribution in [1.82, 2.24) is 8.87 Å². The minimum atomic E-state index is -3.56. The Hall–Kier alpha value is -2.45. The predicted octanol–water partition coefficient (Wildman–Crippen LogP) is 3.51. The molecule has 1 aromatic heterocycles. The van der Waals surface area contributed by atoms with E-state index in [4.69, 9.17) is 4.74 Å². The van der Waals surface area contributed by atoms with Crippen molar-refractivity contribution >= 4 is 21.8 Å². The van der Waals surface area contributed by atoms with Crippen LogP contribution in [-0.2, 0) is 19.6 Å². The lowest BCUT2D eigenvalue weighted by Crippen LogP contribution is -2.40. The van der Waals surface area contributed by atoms with Gasteiger partial charge in [0.25, 0.3) is 0 Å². The van der Waals surface area contributed by atoms with Gasteiger partial charge in [-0.3, -0.25) is 9.59 Å². The molecule has 0 radical (unpaired) electrons. The number of Topliss-reactive ketones (excluding diaryl/α,β-unsaturated/α-hetero) is 1. The van der Waals surface area contributed by atoms with Crippen LogP contribution in [0.25, 0.3) is 0 Å². The van der Waals surface area contributed by atoms with Gasteiger partial charge in [-0.25, -0.2) is 8.42 Å². The third-order valence-electron chi connectivity index (χ3n) is 5.81. The zero-order valence-corrected chi connectivity index (χ0v) is 19.3. The minimum absolute atomic E-state index is 0.225. The van der Waals surface area contributed by atoms with Crippen LogP contribution in [0.5, 0.6) is 0 Å². The number of hydrogen-bond acceptors (Lipinski definition) is 5. The molecule has 1 aliphatic rings. The number of carbonyl (C=O) groups is 2. The number of ether oxygens (including phenoxy) is 1. The monoisotopic (exact) mass is 446 g/mol. The van der Waals surface area contributed by atoms with E-state index in [1.54, 1.807) is 30.3 Å². The number of aromatic nitrogens is 1. The van der Waals surface area contributed by atoms with E-state index >= 15 is 0 Å². The van der Waals surface area contributed by atoms with E-state index < -0.39 is 21.9 Å². The van der Waals surface area contributed by atoms with Crippen LogP contribution < -0.4 is 0 Å². The van der Waals surface area contributed by atoms with Crippen LogP contribution in [0.2, 0.25) is 0 Å². The summed E-state index contributed by atoms with van der Waals surface area (Å²) in [6, 6.07) is 10.3. The molecule has 0 aliphatic carbocycles. The normalized spacial score (nSPS) is 15.9. The van der Waals surface area contributed by atoms with Crippen molar-refractivity contribution in [1.29, 1.82) is 0 Å². The van der Waals surface area contributed by atoms with Gasteiger partial charge in [0.05, 0.1) is 10.8 Å². The number of rotatable bonds is 7. The maximum atomic E-state index is 12.7. The Labute approximate surface area is 184 Å². The molecule has 1 fully saturated rings. The summed E-state index contributed by atoms with van der Waals surface area (Å²) in [4.78, 5) is 25.3. The van der Waals surface area contributed by atoms with Gasteiger partial charge in [0.2, 0.25) is 15.8 Å². The highest BCUT2D eigenvalue weighted by Gasteiger charge is 2.33. The Morgan fingerprint density at radius 3 is 2.26 bits per heavy atom. The van der Waals surface area contributed by atoms with Gasteiger partial charge in [0.15, 0.2) is 6.61 Å². The summed E-state index contributed by atoms with van der Waals surface area (Å²) in [5.74, 6) is -1.07. The quantitative estimate of drug-likeness (QED) is 0.480. The number of sulfonamides is 1. The highest BCUT2D eigenvalue weighted by Crippen LogP contribution is 2.25. The summed E-state index contributed by atoms with van der Waals surface area (Å²) in [6.45, 7) is 8.15. The van der Waals surface area contributed by atoms with Crippen LogP contribution in [0.15, 0.2) is 41.3 Å². The minimum Gasteiger partial charge on any atom is -0.457 e. The summed E-state index contributed by atoms with van der Waals surface area (Å²) < 4.78 is 34.2. The fourth-order valence-corrected chi connectivity index (χ4v) is 5.75. The summed E-state index contributed by atoms with van der Waals surface area (Å²) in [5.41, 5.74) is 2.44. The molecule has 0 atom stereocenters. The van der Waals surface area contributed by atoms with Gasteiger partial charge < -0.3 is 9.30 Å². The maximum Gasteiger partial charge on any atom is 0.309 e. The molecule has 1 aliphatic heterocycles. The zero-order chi connectivity index (χ0) is 22.8. The van der Waals surface area contributed by atoms with Crippen molar-refractivity contribution in [3.63, 3.8) is 0 Å². The molecule has 2 aromatic rings. The van der Waals surface area contributed by atoms with Crippen LogP contribution in [-0.4, -0.2) is 48.7 Å². The summed E-state index contributed by atoms with van der Waals surface area (Å²) >= 11 is 0. The first-order chi connectivity index (χ1) is 14.6. The van der Waals surface area contributed by atoms with Crippen molar-refractivity contribution in [2.75, 3.05) is 19.7 Å². The first kappa shape index (κ1) is 23.2. The first-order valence-electron chi connectivity index (χ1n) is 10.6. The number of nitrogens with zero attached hydrogens (tertiary/aromatic N) is 2. The number of aryl methyl sites for hydroxylation is 1. The van der Waals surface area contributed by atoms with Crippen LogP contribution in [0.3, 0.4) is 0 Å². The second-order valence-corrected chi connectivity index (χ2v) is 10.2. The summed E-state index contributed by atoms with van der Waals surface area (Å²) in [5, 5.41) is 0. The van der Waals surface area contributed by atoms with Gasteiger partial charge in [-0.2, -0.15) is 4.31 Å². The molecule has 0 N–H and O–H groups in total. The van der Waals surface area contributed by atoms with Gasteiger partial charge in [-0.15, -0.1) is 0 Å². The molecule has 3 rings (SSSR count). The molecule has 0 saturated carbocycles. The summed E-state index contributed by atoms with van der Waals surface area (Å²) in [7, 11) is -3.56. The fraction of sp³-hybridized carbons (Fsp3) is 0.478. The lowest BCUT2D eigenvalue weighted by atomic mass is 9.98. The van der Waals surface area contributed by atoms with Gasteiger partial charge in [0, 0.05) is 36.1 Å². The van der Waals surface area contributed by atoms with Crippen LogP contribution in [0, 0.1) is 19.8 Å². The Kier molecular flexibility index (Phi) is 7.01. The predicted molar refractivity (Wildman–Crippen MR) is 118 cm³/mol. The number of carbonyl (C=O) groups excluding carboxylic acids is 2. The van der Waals surface area contributed by atoms with Crippen molar-refractivity contribution in [3.05, 3.63) is 53.3 Å². The average molecular weight is 447 g/mol. The lowest BCUT2D eigenvalue weighted by molar-refractivity contribution is -0.148. The third-order valence-corrected chi connectivity index (χ3v) is 7.73. The second-order valence-electron chi connectivity index (χ2n) is 8.27. The van der Waals surface area contributed by atoms with E-state index in [9.17, 15) is 18.0 Å². The molecule has 8 heteroatoms. The van der Waals surface area contributed by atoms with Crippen molar-refractivity contribution in [2.24, 2.45) is 5.92 Å². The molecule has 0 spiro atoms. The van der Waals surface area contributed by atoms with Crippen LogP contribution >= 0.6 is 0 Å². The van der Waals surface area contributed by atoms with Gasteiger partial charge in [0.1, 0.15) is 0 Å². The largest absolute Gasteiger partial charge is 0.457 e. The molecule has 0 bridgehead atoms. The summed E-state index contributed by atoms with van der Waals surface area (Å²) in [6.07, 6.45) is 0.752.